The minimum absolute atomic E-state index is 0.176. The maximum absolute atomic E-state index is 13.5. The van der Waals surface area contributed by atoms with E-state index in [9.17, 15) is 22.8 Å². The molecule has 1 atom stereocenters. The third-order valence-corrected chi connectivity index (χ3v) is 3.34. The summed E-state index contributed by atoms with van der Waals surface area (Å²) in [5.41, 5.74) is -1.28. The Kier molecular flexibility index (Phi) is 4.63. The highest BCUT2D eigenvalue weighted by atomic mass is 19.4. The third kappa shape index (κ3) is 3.39. The van der Waals surface area contributed by atoms with Gasteiger partial charge in [0.25, 0.3) is 5.91 Å². The van der Waals surface area contributed by atoms with Crippen LogP contribution in [0.25, 0.3) is 5.69 Å². The Morgan fingerprint density at radius 2 is 1.92 bits per heavy atom. The molecule has 1 aromatic carbocycles. The normalized spacial score (nSPS) is 12.7. The van der Waals surface area contributed by atoms with Crippen LogP contribution in [0.3, 0.4) is 0 Å². The lowest BCUT2D eigenvalue weighted by Gasteiger charge is -2.15. The van der Waals surface area contributed by atoms with Gasteiger partial charge in [-0.2, -0.15) is 18.3 Å². The van der Waals surface area contributed by atoms with Crippen molar-refractivity contribution in [1.29, 1.82) is 0 Å². The number of para-hydroxylation sites is 1. The van der Waals surface area contributed by atoms with Gasteiger partial charge in [0.05, 0.1) is 17.4 Å². The van der Waals surface area contributed by atoms with Crippen LogP contribution in [0.1, 0.15) is 28.5 Å². The smallest absolute Gasteiger partial charge is 0.434 e. The average molecular weight is 341 g/mol. The van der Waals surface area contributed by atoms with Gasteiger partial charge in [0, 0.05) is 0 Å². The highest BCUT2D eigenvalue weighted by Gasteiger charge is 2.41. The number of aryl methyl sites for hydroxylation is 1. The Bertz CT molecular complexity index is 784. The molecule has 2 aromatic rings. The summed E-state index contributed by atoms with van der Waals surface area (Å²) in [7, 11) is 0. The predicted molar refractivity (Wildman–Crippen MR) is 77.9 cm³/mol. The number of rotatable bonds is 4. The molecule has 128 valence electrons. The SMILES string of the molecule is Cc1ccccc1-n1ncc(C(=O)N[C@H](C)C(=O)O)c1C(F)(F)F. The quantitative estimate of drug-likeness (QED) is 0.894. The van der Waals surface area contributed by atoms with Crippen molar-refractivity contribution in [3.8, 4) is 5.69 Å². The second-order valence-electron chi connectivity index (χ2n) is 5.14. The summed E-state index contributed by atoms with van der Waals surface area (Å²) in [4.78, 5) is 22.8. The summed E-state index contributed by atoms with van der Waals surface area (Å²) in [6, 6.07) is 4.94. The van der Waals surface area contributed by atoms with Crippen molar-refractivity contribution in [2.45, 2.75) is 26.1 Å². The number of halogens is 3. The molecular formula is C15H14F3N3O3. The van der Waals surface area contributed by atoms with Crippen molar-refractivity contribution in [2.75, 3.05) is 0 Å². The number of alkyl halides is 3. The van der Waals surface area contributed by atoms with Gasteiger partial charge in [-0.1, -0.05) is 18.2 Å². The molecule has 0 saturated carbocycles. The molecule has 0 unspecified atom stereocenters. The number of benzene rings is 1. The molecular weight excluding hydrogens is 327 g/mol. The first kappa shape index (κ1) is 17.5. The largest absolute Gasteiger partial charge is 0.480 e. The zero-order valence-electron chi connectivity index (χ0n) is 12.8. The van der Waals surface area contributed by atoms with E-state index in [1.54, 1.807) is 25.1 Å². The van der Waals surface area contributed by atoms with Gasteiger partial charge in [0.15, 0.2) is 5.69 Å². The van der Waals surface area contributed by atoms with E-state index in [2.05, 4.69) is 5.10 Å². The molecule has 0 radical (unpaired) electrons. The molecule has 0 saturated heterocycles. The number of nitrogens with zero attached hydrogens (tertiary/aromatic N) is 2. The summed E-state index contributed by atoms with van der Waals surface area (Å²) in [5, 5.41) is 14.4. The average Bonchev–Trinajstić information content (AvgIpc) is 2.92. The number of carboxylic acid groups (broad SMARTS) is 1. The Balaban J connectivity index is 2.54. The van der Waals surface area contributed by atoms with Crippen molar-refractivity contribution >= 4 is 11.9 Å². The number of nitrogens with one attached hydrogen (secondary N) is 1. The summed E-state index contributed by atoms with van der Waals surface area (Å²) in [6.07, 6.45) is -4.07. The van der Waals surface area contributed by atoms with Crippen LogP contribution in [0, 0.1) is 6.92 Å². The number of hydrogen-bond acceptors (Lipinski definition) is 3. The van der Waals surface area contributed by atoms with E-state index >= 15 is 0 Å². The number of carbonyl (C=O) groups is 2. The Hall–Kier alpha value is -2.84. The fraction of sp³-hybridized carbons (Fsp3) is 0.267. The minimum atomic E-state index is -4.85. The van der Waals surface area contributed by atoms with E-state index in [4.69, 9.17) is 5.11 Å². The molecule has 9 heteroatoms. The lowest BCUT2D eigenvalue weighted by molar-refractivity contribution is -0.143. The molecule has 0 spiro atoms. The highest BCUT2D eigenvalue weighted by Crippen LogP contribution is 2.34. The van der Waals surface area contributed by atoms with Crippen molar-refractivity contribution < 1.29 is 27.9 Å². The third-order valence-electron chi connectivity index (χ3n) is 3.34. The number of aromatic nitrogens is 2. The number of hydrogen-bond donors (Lipinski definition) is 2. The standard InChI is InChI=1S/C15H14F3N3O3/c1-8-5-3-4-6-11(8)21-12(15(16,17)18)10(7-19-21)13(22)20-9(2)14(23)24/h3-7,9H,1-2H3,(H,20,22)(H,23,24)/t9-/m1/s1. The summed E-state index contributed by atoms with van der Waals surface area (Å²) < 4.78 is 41.0. The fourth-order valence-corrected chi connectivity index (χ4v) is 2.11. The van der Waals surface area contributed by atoms with Crippen LogP contribution in [0.4, 0.5) is 13.2 Å². The van der Waals surface area contributed by atoms with Crippen LogP contribution in [-0.4, -0.2) is 32.8 Å². The summed E-state index contributed by atoms with van der Waals surface area (Å²) in [5.74, 6) is -2.51. The second-order valence-corrected chi connectivity index (χ2v) is 5.14. The van der Waals surface area contributed by atoms with Crippen LogP contribution in [-0.2, 0) is 11.0 Å². The maximum Gasteiger partial charge on any atom is 0.434 e. The van der Waals surface area contributed by atoms with Gasteiger partial charge < -0.3 is 10.4 Å². The first-order valence-electron chi connectivity index (χ1n) is 6.87. The number of aliphatic carboxylic acids is 1. The molecule has 1 heterocycles. The first-order chi connectivity index (χ1) is 11.1. The molecule has 0 aliphatic carbocycles. The summed E-state index contributed by atoms with van der Waals surface area (Å²) in [6.45, 7) is 2.77. The molecule has 1 aromatic heterocycles. The number of carbonyl (C=O) groups excluding carboxylic acids is 1. The zero-order valence-corrected chi connectivity index (χ0v) is 12.8. The zero-order chi connectivity index (χ0) is 18.1. The molecule has 6 nitrogen and oxygen atoms in total. The van der Waals surface area contributed by atoms with Crippen LogP contribution in [0.15, 0.2) is 30.5 Å². The molecule has 0 fully saturated rings. The molecule has 1 amide bonds. The number of carboxylic acids is 1. The molecule has 24 heavy (non-hydrogen) atoms. The van der Waals surface area contributed by atoms with Gasteiger partial charge in [-0.25, -0.2) is 4.68 Å². The monoisotopic (exact) mass is 341 g/mol. The Morgan fingerprint density at radius 3 is 2.46 bits per heavy atom. The van der Waals surface area contributed by atoms with E-state index in [1.165, 1.54) is 6.07 Å². The Labute approximate surface area is 134 Å². The van der Waals surface area contributed by atoms with E-state index in [-0.39, 0.29) is 5.69 Å². The van der Waals surface area contributed by atoms with E-state index in [0.717, 1.165) is 13.1 Å². The van der Waals surface area contributed by atoms with E-state index in [0.29, 0.717) is 10.2 Å². The predicted octanol–water partition coefficient (Wildman–Crippen LogP) is 2.40. The fourth-order valence-electron chi connectivity index (χ4n) is 2.11. The molecule has 2 rings (SSSR count). The topological polar surface area (TPSA) is 84.2 Å². The van der Waals surface area contributed by atoms with Gasteiger partial charge in [-0.15, -0.1) is 0 Å². The lowest BCUT2D eigenvalue weighted by atomic mass is 10.1. The van der Waals surface area contributed by atoms with Gasteiger partial charge in [-0.3, -0.25) is 9.59 Å². The van der Waals surface area contributed by atoms with Crippen LogP contribution >= 0.6 is 0 Å². The van der Waals surface area contributed by atoms with Gasteiger partial charge in [0.2, 0.25) is 0 Å². The van der Waals surface area contributed by atoms with Gasteiger partial charge >= 0.3 is 12.1 Å². The van der Waals surface area contributed by atoms with Crippen molar-refractivity contribution in [2.24, 2.45) is 0 Å². The van der Waals surface area contributed by atoms with E-state index in [1.807, 2.05) is 5.32 Å². The van der Waals surface area contributed by atoms with Crippen LogP contribution in [0.2, 0.25) is 0 Å². The van der Waals surface area contributed by atoms with Crippen LogP contribution in [0.5, 0.6) is 0 Å². The Morgan fingerprint density at radius 1 is 1.29 bits per heavy atom. The van der Waals surface area contributed by atoms with Crippen molar-refractivity contribution in [3.63, 3.8) is 0 Å². The van der Waals surface area contributed by atoms with Gasteiger partial charge in [0.1, 0.15) is 6.04 Å². The van der Waals surface area contributed by atoms with Crippen molar-refractivity contribution in [1.82, 2.24) is 15.1 Å². The minimum Gasteiger partial charge on any atom is -0.480 e. The van der Waals surface area contributed by atoms with Crippen molar-refractivity contribution in [3.05, 3.63) is 47.3 Å². The maximum atomic E-state index is 13.5. The molecule has 2 N–H and O–H groups in total. The molecule has 0 aliphatic heterocycles. The lowest BCUT2D eigenvalue weighted by Crippen LogP contribution is -2.39. The summed E-state index contributed by atoms with van der Waals surface area (Å²) >= 11 is 0. The second kappa shape index (κ2) is 6.34. The molecule has 0 bridgehead atoms. The number of amides is 1. The van der Waals surface area contributed by atoms with Gasteiger partial charge in [-0.05, 0) is 25.5 Å². The van der Waals surface area contributed by atoms with Crippen LogP contribution < -0.4 is 5.32 Å². The van der Waals surface area contributed by atoms with E-state index < -0.39 is 35.4 Å². The molecule has 0 aliphatic rings. The highest BCUT2D eigenvalue weighted by molar-refractivity contribution is 5.97. The first-order valence-corrected chi connectivity index (χ1v) is 6.87.